The number of hydrogen-bond acceptors (Lipinski definition) is 7. The van der Waals surface area contributed by atoms with Crippen LogP contribution in [0.15, 0.2) is 30.3 Å². The quantitative estimate of drug-likeness (QED) is 0.188. The maximum atomic E-state index is 13.1. The molecule has 0 aliphatic rings. The van der Waals surface area contributed by atoms with Gasteiger partial charge in [0.2, 0.25) is 17.7 Å². The van der Waals surface area contributed by atoms with Crippen LogP contribution in [0.5, 0.6) is 0 Å². The molecule has 0 bridgehead atoms. The Morgan fingerprint density at radius 2 is 1.43 bits per heavy atom. The van der Waals surface area contributed by atoms with Crippen LogP contribution in [0.3, 0.4) is 0 Å². The molecule has 12 heteroatoms. The molecule has 11 nitrogen and oxygen atoms in total. The topological polar surface area (TPSA) is 188 Å². The van der Waals surface area contributed by atoms with Gasteiger partial charge in [0.25, 0.3) is 0 Å². The van der Waals surface area contributed by atoms with E-state index in [1.165, 1.54) is 11.8 Å². The van der Waals surface area contributed by atoms with E-state index >= 15 is 0 Å². The van der Waals surface area contributed by atoms with Crippen molar-refractivity contribution in [3.8, 4) is 0 Å². The summed E-state index contributed by atoms with van der Waals surface area (Å²) in [5.74, 6) is -4.70. The molecule has 7 N–H and O–H groups in total. The fourth-order valence-corrected chi connectivity index (χ4v) is 3.52. The van der Waals surface area contributed by atoms with Gasteiger partial charge in [-0.15, -0.1) is 0 Å². The van der Waals surface area contributed by atoms with Gasteiger partial charge in [-0.1, -0.05) is 44.2 Å². The lowest BCUT2D eigenvalue weighted by Gasteiger charge is -2.25. The number of rotatable bonds is 15. The molecule has 194 valence electrons. The molecule has 3 amide bonds. The van der Waals surface area contributed by atoms with Gasteiger partial charge >= 0.3 is 11.9 Å². The number of nitrogens with two attached hydrogens (primary N) is 1. The molecule has 0 aliphatic heterocycles. The number of carbonyl (C=O) groups is 5. The molecule has 4 atom stereocenters. The van der Waals surface area contributed by atoms with Gasteiger partial charge in [0.05, 0.1) is 12.5 Å². The summed E-state index contributed by atoms with van der Waals surface area (Å²) in [5, 5.41) is 25.8. The summed E-state index contributed by atoms with van der Waals surface area (Å²) in [6.07, 6.45) is 1.19. The Hall–Kier alpha value is -3.12. The average Bonchev–Trinajstić information content (AvgIpc) is 2.80. The van der Waals surface area contributed by atoms with Crippen molar-refractivity contribution in [2.24, 2.45) is 11.7 Å². The number of carboxylic acids is 2. The Morgan fingerprint density at radius 1 is 0.886 bits per heavy atom. The van der Waals surface area contributed by atoms with Gasteiger partial charge in [-0.25, -0.2) is 4.79 Å². The van der Waals surface area contributed by atoms with Crippen molar-refractivity contribution in [2.75, 3.05) is 12.0 Å². The van der Waals surface area contributed by atoms with Crippen LogP contribution in [0, 0.1) is 5.92 Å². The van der Waals surface area contributed by atoms with Crippen LogP contribution in [0.25, 0.3) is 0 Å². The third-order valence-electron chi connectivity index (χ3n) is 5.17. The van der Waals surface area contributed by atoms with E-state index in [2.05, 4.69) is 16.0 Å². The Balaban J connectivity index is 3.09. The summed E-state index contributed by atoms with van der Waals surface area (Å²) in [6.45, 7) is 3.50. The lowest BCUT2D eigenvalue weighted by atomic mass is 10.0. The summed E-state index contributed by atoms with van der Waals surface area (Å²) in [7, 11) is 0. The minimum absolute atomic E-state index is 0.0656. The molecule has 1 aromatic rings. The maximum absolute atomic E-state index is 13.1. The number of amides is 3. The fraction of sp³-hybridized carbons (Fsp3) is 0.522. The predicted molar refractivity (Wildman–Crippen MR) is 132 cm³/mol. The van der Waals surface area contributed by atoms with Gasteiger partial charge in [0.1, 0.15) is 18.1 Å². The number of nitrogens with one attached hydrogen (secondary N) is 3. The minimum Gasteiger partial charge on any atom is -0.481 e. The van der Waals surface area contributed by atoms with Crippen LogP contribution >= 0.6 is 11.8 Å². The van der Waals surface area contributed by atoms with Crippen molar-refractivity contribution < 1.29 is 34.2 Å². The number of aliphatic carboxylic acids is 2. The minimum atomic E-state index is -1.55. The first-order chi connectivity index (χ1) is 16.5. The largest absolute Gasteiger partial charge is 0.481 e. The molecule has 0 saturated heterocycles. The number of benzene rings is 1. The van der Waals surface area contributed by atoms with Crippen LogP contribution in [-0.4, -0.2) is 76.0 Å². The third-order valence-corrected chi connectivity index (χ3v) is 5.82. The van der Waals surface area contributed by atoms with Crippen molar-refractivity contribution in [1.29, 1.82) is 0 Å². The van der Waals surface area contributed by atoms with Crippen LogP contribution in [0.1, 0.15) is 32.3 Å². The molecule has 0 heterocycles. The smallest absolute Gasteiger partial charge is 0.326 e. The number of hydrogen-bond donors (Lipinski definition) is 6. The highest BCUT2D eigenvalue weighted by Crippen LogP contribution is 2.07. The average molecular weight is 511 g/mol. The molecule has 0 aromatic heterocycles. The molecular formula is C23H34N4O7S. The fourth-order valence-electron chi connectivity index (χ4n) is 3.05. The Labute approximate surface area is 208 Å². The molecule has 0 aliphatic carbocycles. The molecule has 0 radical (unpaired) electrons. The van der Waals surface area contributed by atoms with Crippen LogP contribution in [0.4, 0.5) is 0 Å². The third kappa shape index (κ3) is 10.8. The van der Waals surface area contributed by atoms with Gasteiger partial charge in [-0.2, -0.15) is 11.8 Å². The van der Waals surface area contributed by atoms with Gasteiger partial charge in [-0.3, -0.25) is 19.2 Å². The van der Waals surface area contributed by atoms with Crippen molar-refractivity contribution in [2.45, 2.75) is 57.3 Å². The zero-order valence-electron chi connectivity index (χ0n) is 20.0. The highest BCUT2D eigenvalue weighted by molar-refractivity contribution is 7.98. The summed E-state index contributed by atoms with van der Waals surface area (Å²) in [4.78, 5) is 61.2. The molecule has 0 saturated carbocycles. The highest BCUT2D eigenvalue weighted by atomic mass is 32.2. The number of carboxylic acid groups (broad SMARTS) is 2. The van der Waals surface area contributed by atoms with Gasteiger partial charge in [0, 0.05) is 6.42 Å². The molecule has 35 heavy (non-hydrogen) atoms. The first-order valence-corrected chi connectivity index (χ1v) is 12.5. The molecule has 4 unspecified atom stereocenters. The normalized spacial score (nSPS) is 14.3. The second kappa shape index (κ2) is 15.0. The predicted octanol–water partition coefficient (Wildman–Crippen LogP) is -0.0208. The molecular weight excluding hydrogens is 476 g/mol. The second-order valence-electron chi connectivity index (χ2n) is 8.36. The zero-order chi connectivity index (χ0) is 26.5. The number of thioether (sulfide) groups is 1. The van der Waals surface area contributed by atoms with E-state index in [0.29, 0.717) is 11.3 Å². The first kappa shape index (κ1) is 29.9. The van der Waals surface area contributed by atoms with Gasteiger partial charge in [0.15, 0.2) is 0 Å². The summed E-state index contributed by atoms with van der Waals surface area (Å²) < 4.78 is 0. The van der Waals surface area contributed by atoms with E-state index in [0.717, 1.165) is 0 Å². The molecule has 0 fully saturated rings. The summed E-state index contributed by atoms with van der Waals surface area (Å²) in [6, 6.07) is 3.98. The van der Waals surface area contributed by atoms with E-state index in [1.807, 2.05) is 0 Å². The van der Waals surface area contributed by atoms with E-state index in [4.69, 9.17) is 5.73 Å². The Bertz CT molecular complexity index is 882. The van der Waals surface area contributed by atoms with Crippen molar-refractivity contribution in [3.05, 3.63) is 35.9 Å². The van der Waals surface area contributed by atoms with Crippen LogP contribution < -0.4 is 21.7 Å². The molecule has 1 aromatic carbocycles. The van der Waals surface area contributed by atoms with E-state index in [-0.39, 0.29) is 18.8 Å². The van der Waals surface area contributed by atoms with E-state index < -0.39 is 60.2 Å². The van der Waals surface area contributed by atoms with Crippen LogP contribution in [-0.2, 0) is 30.4 Å². The monoisotopic (exact) mass is 510 g/mol. The standard InChI is InChI=1S/C23H34N4O7S/c1-13(2)19(24)22(32)27-16(11-14-7-5-4-6-8-14)20(30)26-17(12-18(28)29)21(31)25-15(23(33)34)9-10-35-3/h4-8,13,15-17,19H,9-12,24H2,1-3H3,(H,25,31)(H,26,30)(H,27,32)(H,28,29)(H,33,34). The summed E-state index contributed by atoms with van der Waals surface area (Å²) >= 11 is 1.39. The lowest BCUT2D eigenvalue weighted by molar-refractivity contribution is -0.143. The summed E-state index contributed by atoms with van der Waals surface area (Å²) in [5.41, 5.74) is 6.61. The van der Waals surface area contributed by atoms with Crippen molar-refractivity contribution >= 4 is 41.4 Å². The molecule has 1 rings (SSSR count). The lowest BCUT2D eigenvalue weighted by Crippen LogP contribution is -2.58. The maximum Gasteiger partial charge on any atom is 0.326 e. The number of carbonyl (C=O) groups excluding carboxylic acids is 3. The van der Waals surface area contributed by atoms with Crippen molar-refractivity contribution in [3.63, 3.8) is 0 Å². The van der Waals surface area contributed by atoms with E-state index in [9.17, 15) is 34.2 Å². The second-order valence-corrected chi connectivity index (χ2v) is 9.35. The Morgan fingerprint density at radius 3 is 1.94 bits per heavy atom. The first-order valence-electron chi connectivity index (χ1n) is 11.1. The Kier molecular flexibility index (Phi) is 12.8. The zero-order valence-corrected chi connectivity index (χ0v) is 20.8. The van der Waals surface area contributed by atoms with Crippen LogP contribution in [0.2, 0.25) is 0 Å². The van der Waals surface area contributed by atoms with Gasteiger partial charge < -0.3 is 31.9 Å². The highest BCUT2D eigenvalue weighted by Gasteiger charge is 2.32. The van der Waals surface area contributed by atoms with Gasteiger partial charge in [-0.05, 0) is 29.9 Å². The molecule has 0 spiro atoms. The van der Waals surface area contributed by atoms with Crippen molar-refractivity contribution in [1.82, 2.24) is 16.0 Å². The SMILES string of the molecule is CSCCC(NC(=O)C(CC(=O)O)NC(=O)C(Cc1ccccc1)NC(=O)C(N)C(C)C)C(=O)O. The van der Waals surface area contributed by atoms with E-state index in [1.54, 1.807) is 50.4 Å².